The van der Waals surface area contributed by atoms with Gasteiger partial charge in [-0.15, -0.1) is 0 Å². The van der Waals surface area contributed by atoms with Crippen molar-refractivity contribution in [2.24, 2.45) is 0 Å². The number of nitrogens with zero attached hydrogens (tertiary/aromatic N) is 4. The molecule has 6 rings (SSSR count). The summed E-state index contributed by atoms with van der Waals surface area (Å²) in [5.41, 5.74) is 4.29. The number of morpholine rings is 1. The predicted octanol–water partition coefficient (Wildman–Crippen LogP) is 4.98. The molecule has 1 aromatic heterocycles. The number of sulfonamides is 1. The quantitative estimate of drug-likeness (QED) is 0.274. The van der Waals surface area contributed by atoms with E-state index in [1.807, 2.05) is 30.3 Å². The second-order valence-corrected chi connectivity index (χ2v) is 13.3. The molecular weight excluding hydrogens is 556 g/mol. The molecule has 0 spiro atoms. The molecule has 2 aliphatic heterocycles. The molecule has 2 aliphatic rings. The fourth-order valence-corrected chi connectivity index (χ4v) is 8.02. The van der Waals surface area contributed by atoms with Gasteiger partial charge < -0.3 is 4.74 Å². The summed E-state index contributed by atoms with van der Waals surface area (Å²) in [5.74, 6) is -0.183. The van der Waals surface area contributed by atoms with Crippen molar-refractivity contribution in [3.05, 3.63) is 83.4 Å². The van der Waals surface area contributed by atoms with Gasteiger partial charge in [-0.2, -0.15) is 0 Å². The third-order valence-electron chi connectivity index (χ3n) is 7.82. The third kappa shape index (κ3) is 5.74. The van der Waals surface area contributed by atoms with Crippen LogP contribution in [-0.4, -0.2) is 70.1 Å². The van der Waals surface area contributed by atoms with Crippen molar-refractivity contribution in [3.8, 4) is 0 Å². The van der Waals surface area contributed by atoms with Gasteiger partial charge in [-0.1, -0.05) is 42.5 Å². The van der Waals surface area contributed by atoms with E-state index in [9.17, 15) is 13.2 Å². The summed E-state index contributed by atoms with van der Waals surface area (Å²) >= 11 is 1.52. The molecule has 3 heterocycles. The first kappa shape index (κ1) is 27.8. The van der Waals surface area contributed by atoms with Crippen LogP contribution in [0, 0.1) is 0 Å². The Morgan fingerprint density at radius 3 is 2.59 bits per heavy atom. The number of para-hydroxylation sites is 1. The molecule has 1 fully saturated rings. The first-order valence-electron chi connectivity index (χ1n) is 14.2. The van der Waals surface area contributed by atoms with Gasteiger partial charge in [-0.25, -0.2) is 13.4 Å². The summed E-state index contributed by atoms with van der Waals surface area (Å²) in [5, 5.41) is 0.658. The smallest absolute Gasteiger partial charge is 0.264 e. The van der Waals surface area contributed by atoms with Crippen molar-refractivity contribution < 1.29 is 17.9 Å². The molecule has 0 unspecified atom stereocenters. The monoisotopic (exact) mass is 590 g/mol. The highest BCUT2D eigenvalue weighted by Gasteiger charge is 2.31. The van der Waals surface area contributed by atoms with Crippen LogP contribution in [-0.2, 0) is 27.6 Å². The zero-order valence-corrected chi connectivity index (χ0v) is 24.8. The molecular formula is C31H34N4O4S2. The zero-order chi connectivity index (χ0) is 28.4. The van der Waals surface area contributed by atoms with Crippen molar-refractivity contribution in [1.82, 2.24) is 9.88 Å². The van der Waals surface area contributed by atoms with E-state index < -0.39 is 10.0 Å². The summed E-state index contributed by atoms with van der Waals surface area (Å²) in [6.07, 6.45) is 2.42. The van der Waals surface area contributed by atoms with Gasteiger partial charge in [-0.3, -0.25) is 18.9 Å². The number of anilines is 2. The first-order chi connectivity index (χ1) is 19.9. The second kappa shape index (κ2) is 11.9. The Hall–Kier alpha value is -3.31. The highest BCUT2D eigenvalue weighted by Crippen LogP contribution is 2.34. The predicted molar refractivity (Wildman–Crippen MR) is 164 cm³/mol. The lowest BCUT2D eigenvalue weighted by Gasteiger charge is -2.27. The minimum atomic E-state index is -3.74. The van der Waals surface area contributed by atoms with Crippen LogP contribution in [0.15, 0.2) is 71.6 Å². The lowest BCUT2D eigenvalue weighted by Crippen LogP contribution is -2.39. The van der Waals surface area contributed by atoms with Gasteiger partial charge in [0.05, 0.1) is 34.0 Å². The lowest BCUT2D eigenvalue weighted by molar-refractivity contribution is 0.0376. The number of carbonyl (C=O) groups excluding carboxylic acids is 1. The number of rotatable bonds is 9. The van der Waals surface area contributed by atoms with Crippen LogP contribution in [0.2, 0.25) is 0 Å². The molecule has 1 amide bonds. The van der Waals surface area contributed by atoms with Gasteiger partial charge in [0.25, 0.3) is 15.9 Å². The number of aromatic nitrogens is 1. The van der Waals surface area contributed by atoms with Gasteiger partial charge in [0.2, 0.25) is 0 Å². The number of amides is 1. The third-order valence-corrected chi connectivity index (χ3v) is 10.7. The number of benzene rings is 3. The van der Waals surface area contributed by atoms with Crippen molar-refractivity contribution in [2.75, 3.05) is 55.1 Å². The minimum Gasteiger partial charge on any atom is -0.379 e. The van der Waals surface area contributed by atoms with Crippen LogP contribution in [0.25, 0.3) is 10.2 Å². The van der Waals surface area contributed by atoms with Gasteiger partial charge in [-0.05, 0) is 72.9 Å². The first-order valence-corrected chi connectivity index (χ1v) is 16.4. The Morgan fingerprint density at radius 2 is 1.80 bits per heavy atom. The molecule has 41 heavy (non-hydrogen) atoms. The topological polar surface area (TPSA) is 83.0 Å². The Balaban J connectivity index is 1.25. The van der Waals surface area contributed by atoms with E-state index in [0.717, 1.165) is 67.2 Å². The number of fused-ring (bicyclic) bond motifs is 2. The van der Waals surface area contributed by atoms with E-state index in [-0.39, 0.29) is 10.8 Å². The number of hydrogen-bond donors (Lipinski definition) is 0. The Morgan fingerprint density at radius 1 is 1.02 bits per heavy atom. The summed E-state index contributed by atoms with van der Waals surface area (Å²) in [7, 11) is -3.74. The SMILES string of the molecule is CCc1ccc2nc(N(CCCN3CCOCC3)C(=O)c3ccc(S(=O)(=O)N4CCc5ccccc54)cc3)sc2c1. The lowest BCUT2D eigenvalue weighted by atomic mass is 10.2. The van der Waals surface area contributed by atoms with Gasteiger partial charge >= 0.3 is 0 Å². The minimum absolute atomic E-state index is 0.178. The van der Waals surface area contributed by atoms with Crippen LogP contribution in [0.1, 0.15) is 34.8 Å². The van der Waals surface area contributed by atoms with Crippen LogP contribution >= 0.6 is 11.3 Å². The molecule has 1 saturated heterocycles. The number of carbonyl (C=O) groups is 1. The maximum Gasteiger partial charge on any atom is 0.264 e. The Bertz CT molecular complexity index is 1650. The zero-order valence-electron chi connectivity index (χ0n) is 23.2. The fourth-order valence-electron chi connectivity index (χ4n) is 5.46. The maximum atomic E-state index is 13.9. The normalized spacial score (nSPS) is 15.8. The van der Waals surface area contributed by atoms with Crippen LogP contribution in [0.4, 0.5) is 10.8 Å². The fraction of sp³-hybridized carbons (Fsp3) is 0.355. The molecule has 4 aromatic rings. The van der Waals surface area contributed by atoms with Crippen molar-refractivity contribution >= 4 is 48.3 Å². The second-order valence-electron chi connectivity index (χ2n) is 10.4. The highest BCUT2D eigenvalue weighted by molar-refractivity contribution is 7.92. The van der Waals surface area contributed by atoms with E-state index >= 15 is 0 Å². The Labute approximate surface area is 245 Å². The molecule has 0 aliphatic carbocycles. The number of ether oxygens (including phenoxy) is 1. The number of thiazole rings is 1. The van der Waals surface area contributed by atoms with Crippen molar-refractivity contribution in [3.63, 3.8) is 0 Å². The standard InChI is InChI=1S/C31H34N4O4S2/c1-2-23-8-13-27-29(22-23)40-31(32-27)34(16-5-15-33-18-20-39-21-19-33)30(36)25-9-11-26(12-10-25)41(37,38)35-17-14-24-6-3-4-7-28(24)35/h3-4,6-13,22H,2,5,14-21H2,1H3. The summed E-state index contributed by atoms with van der Waals surface area (Å²) < 4.78 is 35.0. The molecule has 10 heteroatoms. The molecule has 0 saturated carbocycles. The molecule has 3 aromatic carbocycles. The summed E-state index contributed by atoms with van der Waals surface area (Å²) in [6.45, 7) is 7.18. The van der Waals surface area contributed by atoms with Crippen LogP contribution in [0.3, 0.4) is 0 Å². The summed E-state index contributed by atoms with van der Waals surface area (Å²) in [6, 6.07) is 20.1. The van der Waals surface area contributed by atoms with Crippen molar-refractivity contribution in [1.29, 1.82) is 0 Å². The Kier molecular flexibility index (Phi) is 8.07. The largest absolute Gasteiger partial charge is 0.379 e. The molecule has 214 valence electrons. The number of hydrogen-bond acceptors (Lipinski definition) is 7. The van der Waals surface area contributed by atoms with E-state index in [0.29, 0.717) is 30.2 Å². The van der Waals surface area contributed by atoms with E-state index in [1.54, 1.807) is 29.2 Å². The van der Waals surface area contributed by atoms with Crippen LogP contribution < -0.4 is 9.21 Å². The molecule has 0 atom stereocenters. The van der Waals surface area contributed by atoms with Gasteiger partial charge in [0.15, 0.2) is 5.13 Å². The summed E-state index contributed by atoms with van der Waals surface area (Å²) in [4.78, 5) is 23.0. The average Bonchev–Trinajstić information content (AvgIpc) is 3.64. The molecule has 0 N–H and O–H groups in total. The van der Waals surface area contributed by atoms with E-state index in [2.05, 4.69) is 24.0 Å². The van der Waals surface area contributed by atoms with E-state index in [1.165, 1.54) is 21.2 Å². The molecule has 0 bridgehead atoms. The average molecular weight is 591 g/mol. The van der Waals surface area contributed by atoms with Crippen molar-refractivity contribution in [2.45, 2.75) is 31.1 Å². The van der Waals surface area contributed by atoms with E-state index in [4.69, 9.17) is 9.72 Å². The highest BCUT2D eigenvalue weighted by atomic mass is 32.2. The van der Waals surface area contributed by atoms with Crippen LogP contribution in [0.5, 0.6) is 0 Å². The van der Waals surface area contributed by atoms with Gasteiger partial charge in [0, 0.05) is 38.3 Å². The maximum absolute atomic E-state index is 13.9. The molecule has 0 radical (unpaired) electrons. The number of aryl methyl sites for hydroxylation is 1. The molecule has 8 nitrogen and oxygen atoms in total. The van der Waals surface area contributed by atoms with Gasteiger partial charge in [0.1, 0.15) is 0 Å².